The summed E-state index contributed by atoms with van der Waals surface area (Å²) in [5.74, 6) is 0.539. The van der Waals surface area contributed by atoms with E-state index in [1.165, 1.54) is 51.6 Å². The summed E-state index contributed by atoms with van der Waals surface area (Å²) in [5, 5.41) is 0. The Morgan fingerprint density at radius 2 is 1.78 bits per heavy atom. The number of likely N-dealkylation sites (tertiary alicyclic amines) is 1. The molecule has 2 unspecified atom stereocenters. The second kappa shape index (κ2) is 6.36. The molecule has 2 fully saturated rings. The van der Waals surface area contributed by atoms with E-state index >= 15 is 0 Å². The van der Waals surface area contributed by atoms with Crippen LogP contribution in [0.1, 0.15) is 45.4 Å². The van der Waals surface area contributed by atoms with Crippen LogP contribution >= 0.6 is 0 Å². The number of nitrogens with zero attached hydrogens (tertiary/aromatic N) is 1. The largest absolute Gasteiger partial charge is 0.384 e. The van der Waals surface area contributed by atoms with Gasteiger partial charge >= 0.3 is 0 Å². The number of rotatable bonds is 5. The first-order chi connectivity index (χ1) is 8.71. The molecule has 0 aromatic heterocycles. The normalized spacial score (nSPS) is 27.5. The standard InChI is InChI=1S/C15H30N2O/c1-13(12-18-2)14(11-16)17-9-7-15(8-10-17)5-3-4-6-15/h13-14H,3-12,16H2,1-2H3. The SMILES string of the molecule is COCC(C)C(CN)N1CCC2(CCCC2)CC1. The first-order valence-electron chi connectivity index (χ1n) is 7.64. The zero-order valence-electron chi connectivity index (χ0n) is 12.2. The Labute approximate surface area is 112 Å². The molecule has 0 aromatic rings. The Morgan fingerprint density at radius 3 is 2.28 bits per heavy atom. The van der Waals surface area contributed by atoms with Gasteiger partial charge in [-0.3, -0.25) is 4.90 Å². The van der Waals surface area contributed by atoms with E-state index in [1.54, 1.807) is 7.11 Å². The molecule has 106 valence electrons. The van der Waals surface area contributed by atoms with Crippen molar-refractivity contribution >= 4 is 0 Å². The third-order valence-electron chi connectivity index (χ3n) is 5.32. The lowest BCUT2D eigenvalue weighted by Gasteiger charge is -2.44. The zero-order chi connectivity index (χ0) is 13.0. The van der Waals surface area contributed by atoms with Crippen molar-refractivity contribution in [2.45, 2.75) is 51.5 Å². The van der Waals surface area contributed by atoms with Gasteiger partial charge in [-0.05, 0) is 50.1 Å². The van der Waals surface area contributed by atoms with E-state index < -0.39 is 0 Å². The van der Waals surface area contributed by atoms with Gasteiger partial charge in [-0.1, -0.05) is 19.8 Å². The molecule has 1 spiro atoms. The molecular weight excluding hydrogens is 224 g/mol. The Hall–Kier alpha value is -0.120. The number of ether oxygens (including phenoxy) is 1. The smallest absolute Gasteiger partial charge is 0.0503 e. The van der Waals surface area contributed by atoms with E-state index in [2.05, 4.69) is 11.8 Å². The Kier molecular flexibility index (Phi) is 5.05. The van der Waals surface area contributed by atoms with Crippen LogP contribution in [-0.2, 0) is 4.74 Å². The topological polar surface area (TPSA) is 38.5 Å². The first-order valence-corrected chi connectivity index (χ1v) is 7.64. The van der Waals surface area contributed by atoms with Crippen LogP contribution in [-0.4, -0.2) is 44.3 Å². The Balaban J connectivity index is 1.87. The second-order valence-corrected chi connectivity index (χ2v) is 6.48. The Morgan fingerprint density at radius 1 is 1.17 bits per heavy atom. The van der Waals surface area contributed by atoms with E-state index in [4.69, 9.17) is 10.5 Å². The summed E-state index contributed by atoms with van der Waals surface area (Å²) < 4.78 is 5.29. The average Bonchev–Trinajstić information content (AvgIpc) is 2.82. The second-order valence-electron chi connectivity index (χ2n) is 6.48. The lowest BCUT2D eigenvalue weighted by molar-refractivity contribution is 0.0366. The molecule has 2 rings (SSSR count). The van der Waals surface area contributed by atoms with Gasteiger partial charge in [-0.15, -0.1) is 0 Å². The summed E-state index contributed by atoms with van der Waals surface area (Å²) in [5.41, 5.74) is 6.69. The van der Waals surface area contributed by atoms with Gasteiger partial charge in [-0.2, -0.15) is 0 Å². The van der Waals surface area contributed by atoms with Crippen LogP contribution in [0, 0.1) is 11.3 Å². The summed E-state index contributed by atoms with van der Waals surface area (Å²) in [4.78, 5) is 2.62. The van der Waals surface area contributed by atoms with Crippen LogP contribution < -0.4 is 5.73 Å². The number of hydrogen-bond acceptors (Lipinski definition) is 3. The minimum Gasteiger partial charge on any atom is -0.384 e. The maximum Gasteiger partial charge on any atom is 0.0503 e. The van der Waals surface area contributed by atoms with Gasteiger partial charge in [0.15, 0.2) is 0 Å². The van der Waals surface area contributed by atoms with E-state index in [-0.39, 0.29) is 0 Å². The third kappa shape index (κ3) is 3.06. The van der Waals surface area contributed by atoms with Crippen molar-refractivity contribution in [1.29, 1.82) is 0 Å². The summed E-state index contributed by atoms with van der Waals surface area (Å²) >= 11 is 0. The molecule has 1 aliphatic heterocycles. The molecule has 3 heteroatoms. The van der Waals surface area contributed by atoms with Crippen LogP contribution in [0.3, 0.4) is 0 Å². The van der Waals surface area contributed by atoms with E-state index in [1.807, 2.05) is 0 Å². The van der Waals surface area contributed by atoms with Crippen molar-refractivity contribution in [3.63, 3.8) is 0 Å². The highest BCUT2D eigenvalue weighted by atomic mass is 16.5. The molecule has 0 bridgehead atoms. The van der Waals surface area contributed by atoms with Gasteiger partial charge in [-0.25, -0.2) is 0 Å². The van der Waals surface area contributed by atoms with Gasteiger partial charge in [0.2, 0.25) is 0 Å². The number of nitrogens with two attached hydrogens (primary N) is 1. The van der Waals surface area contributed by atoms with E-state index in [0.29, 0.717) is 17.4 Å². The quantitative estimate of drug-likeness (QED) is 0.818. The average molecular weight is 254 g/mol. The van der Waals surface area contributed by atoms with Crippen LogP contribution in [0.5, 0.6) is 0 Å². The predicted octanol–water partition coefficient (Wildman–Crippen LogP) is 2.25. The molecule has 1 saturated carbocycles. The van der Waals surface area contributed by atoms with Gasteiger partial charge < -0.3 is 10.5 Å². The molecule has 2 aliphatic rings. The monoisotopic (exact) mass is 254 g/mol. The summed E-state index contributed by atoms with van der Waals surface area (Å²) in [7, 11) is 1.79. The first kappa shape index (κ1) is 14.3. The molecule has 1 aliphatic carbocycles. The lowest BCUT2D eigenvalue weighted by atomic mass is 9.76. The maximum absolute atomic E-state index is 5.98. The zero-order valence-corrected chi connectivity index (χ0v) is 12.2. The molecule has 3 nitrogen and oxygen atoms in total. The molecule has 1 heterocycles. The van der Waals surface area contributed by atoms with Crippen molar-refractivity contribution < 1.29 is 4.74 Å². The summed E-state index contributed by atoms with van der Waals surface area (Å²) in [6, 6.07) is 0.503. The predicted molar refractivity (Wildman–Crippen MR) is 75.6 cm³/mol. The van der Waals surface area contributed by atoms with Crippen LogP contribution in [0.2, 0.25) is 0 Å². The number of methoxy groups -OCH3 is 1. The van der Waals surface area contributed by atoms with Gasteiger partial charge in [0.1, 0.15) is 0 Å². The fourth-order valence-corrected chi connectivity index (χ4v) is 4.07. The van der Waals surface area contributed by atoms with Crippen molar-refractivity contribution in [2.75, 3.05) is 33.4 Å². The van der Waals surface area contributed by atoms with Crippen molar-refractivity contribution in [3.8, 4) is 0 Å². The molecule has 18 heavy (non-hydrogen) atoms. The molecular formula is C15H30N2O. The molecule has 2 N–H and O–H groups in total. The fourth-order valence-electron chi connectivity index (χ4n) is 4.07. The summed E-state index contributed by atoms with van der Waals surface area (Å²) in [6.45, 7) is 6.34. The number of hydrogen-bond donors (Lipinski definition) is 1. The molecule has 0 aromatic carbocycles. The van der Waals surface area contributed by atoms with Gasteiger partial charge in [0.25, 0.3) is 0 Å². The van der Waals surface area contributed by atoms with Crippen molar-refractivity contribution in [1.82, 2.24) is 4.90 Å². The maximum atomic E-state index is 5.98. The highest BCUT2D eigenvalue weighted by Gasteiger charge is 2.38. The number of piperidine rings is 1. The van der Waals surface area contributed by atoms with Gasteiger partial charge in [0.05, 0.1) is 6.61 Å². The summed E-state index contributed by atoms with van der Waals surface area (Å²) in [6.07, 6.45) is 8.65. The van der Waals surface area contributed by atoms with Gasteiger partial charge in [0, 0.05) is 19.7 Å². The highest BCUT2D eigenvalue weighted by molar-refractivity contribution is 4.92. The fraction of sp³-hybridized carbons (Fsp3) is 1.00. The van der Waals surface area contributed by atoms with Crippen LogP contribution in [0.15, 0.2) is 0 Å². The van der Waals surface area contributed by atoms with Crippen LogP contribution in [0.4, 0.5) is 0 Å². The molecule has 2 atom stereocenters. The molecule has 0 radical (unpaired) electrons. The van der Waals surface area contributed by atoms with E-state index in [9.17, 15) is 0 Å². The van der Waals surface area contributed by atoms with Crippen molar-refractivity contribution in [2.24, 2.45) is 17.1 Å². The van der Waals surface area contributed by atoms with E-state index in [0.717, 1.165) is 13.2 Å². The third-order valence-corrected chi connectivity index (χ3v) is 5.32. The lowest BCUT2D eigenvalue weighted by Crippen LogP contribution is -2.51. The molecule has 0 amide bonds. The molecule has 1 saturated heterocycles. The minimum atomic E-state index is 0.503. The van der Waals surface area contributed by atoms with Crippen molar-refractivity contribution in [3.05, 3.63) is 0 Å². The minimum absolute atomic E-state index is 0.503. The highest BCUT2D eigenvalue weighted by Crippen LogP contribution is 2.46. The van der Waals surface area contributed by atoms with Crippen LogP contribution in [0.25, 0.3) is 0 Å². The Bertz CT molecular complexity index is 241.